The molecule has 0 fully saturated rings. The highest BCUT2D eigenvalue weighted by atomic mass is 32.1. The third-order valence-electron chi connectivity index (χ3n) is 3.81. The van der Waals surface area contributed by atoms with E-state index in [0.717, 1.165) is 16.2 Å². The van der Waals surface area contributed by atoms with Crippen LogP contribution in [0.4, 0.5) is 23.7 Å². The van der Waals surface area contributed by atoms with Gasteiger partial charge in [-0.2, -0.15) is 13.2 Å². The summed E-state index contributed by atoms with van der Waals surface area (Å²) in [5.74, 6) is 0. The monoisotopic (exact) mass is 380 g/mol. The molecule has 0 aliphatic heterocycles. The van der Waals surface area contributed by atoms with Crippen LogP contribution in [0.3, 0.4) is 0 Å². The molecule has 0 radical (unpaired) electrons. The lowest BCUT2D eigenvalue weighted by Gasteiger charge is -2.15. The van der Waals surface area contributed by atoms with E-state index in [2.05, 4.69) is 10.6 Å². The van der Waals surface area contributed by atoms with Crippen LogP contribution >= 0.6 is 11.3 Å². The van der Waals surface area contributed by atoms with Crippen molar-refractivity contribution in [2.24, 2.45) is 0 Å². The quantitative estimate of drug-likeness (QED) is 0.610. The number of urea groups is 1. The van der Waals surface area contributed by atoms with Gasteiger partial charge < -0.3 is 15.7 Å². The molecule has 0 unspecified atom stereocenters. The number of benzene rings is 2. The van der Waals surface area contributed by atoms with Crippen molar-refractivity contribution in [3.8, 4) is 0 Å². The molecule has 3 N–H and O–H groups in total. The number of rotatable bonds is 4. The van der Waals surface area contributed by atoms with Crippen molar-refractivity contribution in [1.29, 1.82) is 0 Å². The van der Waals surface area contributed by atoms with Gasteiger partial charge in [-0.3, -0.25) is 0 Å². The van der Waals surface area contributed by atoms with E-state index in [1.165, 1.54) is 29.5 Å². The van der Waals surface area contributed by atoms with E-state index in [-0.39, 0.29) is 12.2 Å². The average molecular weight is 380 g/mol. The molecule has 26 heavy (non-hydrogen) atoms. The standard InChI is InChI=1S/C18H15F3N2O2S/c19-18(20,21)13-6-2-3-7-14(13)23-17(25)22-9-15(24)12-10-26-16-8-4-1-5-11(12)16/h1-8,10,15,24H,9H2,(H2,22,23,25)/t15-/m0/s1. The molecule has 0 saturated heterocycles. The molecule has 136 valence electrons. The Balaban J connectivity index is 1.65. The summed E-state index contributed by atoms with van der Waals surface area (Å²) >= 11 is 1.47. The molecular formula is C18H15F3N2O2S. The van der Waals surface area contributed by atoms with Gasteiger partial charge >= 0.3 is 12.2 Å². The Morgan fingerprint density at radius 3 is 2.58 bits per heavy atom. The topological polar surface area (TPSA) is 61.4 Å². The highest BCUT2D eigenvalue weighted by Crippen LogP contribution is 2.34. The first-order valence-electron chi connectivity index (χ1n) is 7.71. The van der Waals surface area contributed by atoms with Gasteiger partial charge in [-0.15, -0.1) is 11.3 Å². The molecule has 2 aromatic carbocycles. The van der Waals surface area contributed by atoms with E-state index in [9.17, 15) is 23.1 Å². The fourth-order valence-electron chi connectivity index (χ4n) is 2.56. The Morgan fingerprint density at radius 1 is 1.12 bits per heavy atom. The number of thiophene rings is 1. The third kappa shape index (κ3) is 3.97. The third-order valence-corrected chi connectivity index (χ3v) is 4.79. The second kappa shape index (κ2) is 7.35. The van der Waals surface area contributed by atoms with Crippen molar-refractivity contribution in [3.05, 3.63) is 65.0 Å². The molecule has 0 saturated carbocycles. The Labute approximate surface area is 151 Å². The number of hydrogen-bond donors (Lipinski definition) is 3. The zero-order valence-corrected chi connectivity index (χ0v) is 14.2. The van der Waals surface area contributed by atoms with Gasteiger partial charge in [-0.05, 0) is 29.0 Å². The number of halogens is 3. The number of hydrogen-bond acceptors (Lipinski definition) is 3. The highest BCUT2D eigenvalue weighted by molar-refractivity contribution is 7.17. The number of carbonyl (C=O) groups is 1. The van der Waals surface area contributed by atoms with Gasteiger partial charge in [0.25, 0.3) is 0 Å². The van der Waals surface area contributed by atoms with Crippen molar-refractivity contribution in [2.75, 3.05) is 11.9 Å². The number of aliphatic hydroxyl groups is 1. The second-order valence-electron chi connectivity index (χ2n) is 5.58. The Kier molecular flexibility index (Phi) is 5.15. The maximum Gasteiger partial charge on any atom is 0.418 e. The van der Waals surface area contributed by atoms with Crippen molar-refractivity contribution >= 4 is 33.1 Å². The molecule has 0 bridgehead atoms. The summed E-state index contributed by atoms with van der Waals surface area (Å²) in [6, 6.07) is 11.4. The predicted octanol–water partition coefficient (Wildman–Crippen LogP) is 4.78. The number of nitrogens with one attached hydrogen (secondary N) is 2. The van der Waals surface area contributed by atoms with Gasteiger partial charge in [0.2, 0.25) is 0 Å². The average Bonchev–Trinajstić information content (AvgIpc) is 3.03. The molecule has 4 nitrogen and oxygen atoms in total. The minimum Gasteiger partial charge on any atom is -0.387 e. The number of fused-ring (bicyclic) bond motifs is 1. The first-order chi connectivity index (χ1) is 12.4. The Hall–Kier alpha value is -2.58. The predicted molar refractivity (Wildman–Crippen MR) is 95.3 cm³/mol. The van der Waals surface area contributed by atoms with Crippen LogP contribution in [0.15, 0.2) is 53.9 Å². The molecule has 1 heterocycles. The molecule has 1 atom stereocenters. The van der Waals surface area contributed by atoms with Crippen LogP contribution in [0.5, 0.6) is 0 Å². The summed E-state index contributed by atoms with van der Waals surface area (Å²) in [6.45, 7) is -0.124. The van der Waals surface area contributed by atoms with Crippen LogP contribution in [0.2, 0.25) is 0 Å². The number of anilines is 1. The van der Waals surface area contributed by atoms with E-state index < -0.39 is 23.9 Å². The maximum atomic E-state index is 12.9. The van der Waals surface area contributed by atoms with Gasteiger partial charge in [0.1, 0.15) is 0 Å². The van der Waals surface area contributed by atoms with Crippen LogP contribution in [0.25, 0.3) is 10.1 Å². The van der Waals surface area contributed by atoms with E-state index in [1.807, 2.05) is 24.3 Å². The number of aliphatic hydroxyl groups excluding tert-OH is 1. The van der Waals surface area contributed by atoms with Crippen LogP contribution < -0.4 is 10.6 Å². The summed E-state index contributed by atoms with van der Waals surface area (Å²) in [7, 11) is 0. The number of amides is 2. The zero-order chi connectivity index (χ0) is 18.7. The summed E-state index contributed by atoms with van der Waals surface area (Å²) in [5.41, 5.74) is -0.603. The smallest absolute Gasteiger partial charge is 0.387 e. The van der Waals surface area contributed by atoms with Crippen molar-refractivity contribution in [1.82, 2.24) is 5.32 Å². The Bertz CT molecular complexity index is 924. The summed E-state index contributed by atoms with van der Waals surface area (Å²) in [4.78, 5) is 11.9. The zero-order valence-electron chi connectivity index (χ0n) is 13.4. The van der Waals surface area contributed by atoms with Gasteiger partial charge in [0.05, 0.1) is 17.4 Å². The van der Waals surface area contributed by atoms with Gasteiger partial charge in [-0.25, -0.2) is 4.79 Å². The molecule has 0 spiro atoms. The van der Waals surface area contributed by atoms with E-state index >= 15 is 0 Å². The molecule has 2 amide bonds. The number of alkyl halides is 3. The fraction of sp³-hybridized carbons (Fsp3) is 0.167. The first-order valence-corrected chi connectivity index (χ1v) is 8.59. The largest absolute Gasteiger partial charge is 0.418 e. The van der Waals surface area contributed by atoms with E-state index in [4.69, 9.17) is 0 Å². The van der Waals surface area contributed by atoms with Crippen LogP contribution in [0.1, 0.15) is 17.2 Å². The fourth-order valence-corrected chi connectivity index (χ4v) is 3.57. The molecular weight excluding hydrogens is 365 g/mol. The minimum absolute atomic E-state index is 0.124. The van der Waals surface area contributed by atoms with Crippen LogP contribution in [0, 0.1) is 0 Å². The number of para-hydroxylation sites is 1. The van der Waals surface area contributed by atoms with Crippen molar-refractivity contribution in [2.45, 2.75) is 12.3 Å². The molecule has 0 aliphatic rings. The van der Waals surface area contributed by atoms with Gasteiger partial charge in [0, 0.05) is 16.8 Å². The molecule has 1 aromatic heterocycles. The highest BCUT2D eigenvalue weighted by Gasteiger charge is 2.33. The van der Waals surface area contributed by atoms with Crippen molar-refractivity contribution in [3.63, 3.8) is 0 Å². The molecule has 0 aliphatic carbocycles. The van der Waals surface area contributed by atoms with Gasteiger partial charge in [-0.1, -0.05) is 30.3 Å². The van der Waals surface area contributed by atoms with Crippen molar-refractivity contribution < 1.29 is 23.1 Å². The molecule has 3 aromatic rings. The Morgan fingerprint density at radius 2 is 1.81 bits per heavy atom. The first kappa shape index (κ1) is 18.2. The number of carbonyl (C=O) groups excluding carboxylic acids is 1. The lowest BCUT2D eigenvalue weighted by Crippen LogP contribution is -2.33. The van der Waals surface area contributed by atoms with E-state index in [0.29, 0.717) is 5.56 Å². The normalized spacial score (nSPS) is 12.8. The summed E-state index contributed by atoms with van der Waals surface area (Å²) in [6.07, 6.45) is -5.53. The lowest BCUT2D eigenvalue weighted by molar-refractivity contribution is -0.136. The summed E-state index contributed by atoms with van der Waals surface area (Å²) < 4.78 is 39.8. The van der Waals surface area contributed by atoms with E-state index in [1.54, 1.807) is 5.38 Å². The van der Waals surface area contributed by atoms with Crippen LogP contribution in [-0.4, -0.2) is 17.7 Å². The molecule has 8 heteroatoms. The van der Waals surface area contributed by atoms with Crippen LogP contribution in [-0.2, 0) is 6.18 Å². The maximum absolute atomic E-state index is 12.9. The summed E-state index contributed by atoms with van der Waals surface area (Å²) in [5, 5.41) is 17.5. The lowest BCUT2D eigenvalue weighted by atomic mass is 10.1. The minimum atomic E-state index is -4.57. The van der Waals surface area contributed by atoms with Gasteiger partial charge in [0.15, 0.2) is 0 Å². The second-order valence-corrected chi connectivity index (χ2v) is 6.49. The molecule has 3 rings (SSSR count). The SMILES string of the molecule is O=C(NC[C@H](O)c1csc2ccccc12)Nc1ccccc1C(F)(F)F.